The summed E-state index contributed by atoms with van der Waals surface area (Å²) < 4.78 is 0. The van der Waals surface area contributed by atoms with Gasteiger partial charge in [0, 0.05) is 23.4 Å². The Morgan fingerprint density at radius 2 is 1.84 bits per heavy atom. The molecule has 31 heavy (non-hydrogen) atoms. The van der Waals surface area contributed by atoms with Gasteiger partial charge < -0.3 is 10.0 Å². The first-order valence-corrected chi connectivity index (χ1v) is 10.8. The number of aliphatic carboxylic acids is 1. The fraction of sp³-hybridized carbons (Fsp3) is 0.321. The molecule has 2 atom stereocenters. The second-order valence-electron chi connectivity index (χ2n) is 9.94. The molecule has 0 radical (unpaired) electrons. The number of benzene rings is 2. The van der Waals surface area contributed by atoms with Gasteiger partial charge in [0.15, 0.2) is 0 Å². The number of anilines is 1. The molecular weight excluding hydrogens is 382 g/mol. The van der Waals surface area contributed by atoms with E-state index in [2.05, 4.69) is 94.6 Å². The van der Waals surface area contributed by atoms with Gasteiger partial charge in [-0.15, -0.1) is 0 Å². The summed E-state index contributed by atoms with van der Waals surface area (Å²) >= 11 is 0. The standard InChI is InChI=1S/C28H31NO2/c1-18-10-15-24-25(16-18)29(23-9-7-8-20(17-23)26(30)31)19(2)28(24,6)22-13-11-21(12-14-22)27(3,4)5/h7-16,23H,2,17H2,1,3-6H3,(H,30,31). The predicted molar refractivity (Wildman–Crippen MR) is 128 cm³/mol. The summed E-state index contributed by atoms with van der Waals surface area (Å²) in [6.45, 7) is 15.5. The van der Waals surface area contributed by atoms with E-state index in [0.29, 0.717) is 12.0 Å². The van der Waals surface area contributed by atoms with Gasteiger partial charge in [0.1, 0.15) is 0 Å². The Morgan fingerprint density at radius 1 is 1.16 bits per heavy atom. The van der Waals surface area contributed by atoms with Crippen molar-refractivity contribution in [1.29, 1.82) is 0 Å². The van der Waals surface area contributed by atoms with E-state index in [0.717, 1.165) is 11.4 Å². The maximum absolute atomic E-state index is 11.6. The van der Waals surface area contributed by atoms with Gasteiger partial charge in [-0.1, -0.05) is 82.0 Å². The third-order valence-electron chi connectivity index (χ3n) is 6.81. The van der Waals surface area contributed by atoms with Crippen molar-refractivity contribution in [3.05, 3.63) is 101 Å². The lowest BCUT2D eigenvalue weighted by molar-refractivity contribution is -0.132. The van der Waals surface area contributed by atoms with Gasteiger partial charge in [-0.3, -0.25) is 0 Å². The highest BCUT2D eigenvalue weighted by Crippen LogP contribution is 2.53. The molecule has 0 fully saturated rings. The van der Waals surface area contributed by atoms with Crippen molar-refractivity contribution < 1.29 is 9.90 Å². The SMILES string of the molecule is C=C1N(C2C=CC=C(C(=O)O)C2)c2cc(C)ccc2C1(C)c1ccc(C(C)(C)C)cc1. The number of allylic oxidation sites excluding steroid dienone is 3. The molecule has 0 spiro atoms. The number of fused-ring (bicyclic) bond motifs is 1. The van der Waals surface area contributed by atoms with E-state index in [9.17, 15) is 9.90 Å². The minimum absolute atomic E-state index is 0.0696. The molecule has 2 aromatic carbocycles. The summed E-state index contributed by atoms with van der Waals surface area (Å²) in [6, 6.07) is 15.4. The zero-order valence-electron chi connectivity index (χ0n) is 19.1. The second kappa shape index (κ2) is 7.26. The molecule has 2 aliphatic rings. The Bertz CT molecular complexity index is 1110. The first-order chi connectivity index (χ1) is 14.5. The van der Waals surface area contributed by atoms with Crippen LogP contribution < -0.4 is 4.90 Å². The number of hydrogen-bond donors (Lipinski definition) is 1. The lowest BCUT2D eigenvalue weighted by Crippen LogP contribution is -2.36. The molecule has 0 saturated carbocycles. The van der Waals surface area contributed by atoms with Crippen molar-refractivity contribution in [3.8, 4) is 0 Å². The van der Waals surface area contributed by atoms with E-state index in [1.54, 1.807) is 6.08 Å². The van der Waals surface area contributed by atoms with E-state index in [-0.39, 0.29) is 16.9 Å². The van der Waals surface area contributed by atoms with E-state index in [4.69, 9.17) is 0 Å². The fourth-order valence-electron chi connectivity index (χ4n) is 4.81. The number of nitrogens with zero attached hydrogens (tertiary/aromatic N) is 1. The number of carbonyl (C=O) groups is 1. The van der Waals surface area contributed by atoms with Crippen LogP contribution in [0.4, 0.5) is 5.69 Å². The zero-order chi connectivity index (χ0) is 22.6. The van der Waals surface area contributed by atoms with Crippen LogP contribution in [0.15, 0.2) is 78.5 Å². The smallest absolute Gasteiger partial charge is 0.331 e. The number of carboxylic acid groups (broad SMARTS) is 1. The highest BCUT2D eigenvalue weighted by molar-refractivity contribution is 5.88. The third kappa shape index (κ3) is 3.42. The molecule has 2 unspecified atom stereocenters. The Balaban J connectivity index is 1.81. The Kier molecular flexibility index (Phi) is 4.96. The molecule has 4 rings (SSSR count). The van der Waals surface area contributed by atoms with Crippen LogP contribution in [-0.2, 0) is 15.6 Å². The van der Waals surface area contributed by atoms with Crippen LogP contribution in [0.2, 0.25) is 0 Å². The van der Waals surface area contributed by atoms with Crippen LogP contribution in [0, 0.1) is 6.92 Å². The molecule has 3 heteroatoms. The predicted octanol–water partition coefficient (Wildman–Crippen LogP) is 6.27. The van der Waals surface area contributed by atoms with Gasteiger partial charge in [-0.2, -0.15) is 0 Å². The molecule has 1 N–H and O–H groups in total. The average molecular weight is 414 g/mol. The topological polar surface area (TPSA) is 40.5 Å². The van der Waals surface area contributed by atoms with Gasteiger partial charge >= 0.3 is 5.97 Å². The van der Waals surface area contributed by atoms with Gasteiger partial charge in [-0.25, -0.2) is 4.79 Å². The van der Waals surface area contributed by atoms with E-state index < -0.39 is 5.97 Å². The van der Waals surface area contributed by atoms with Gasteiger partial charge in [0.05, 0.1) is 11.5 Å². The van der Waals surface area contributed by atoms with Crippen molar-refractivity contribution >= 4 is 11.7 Å². The number of aryl methyl sites for hydroxylation is 1. The molecule has 1 aliphatic carbocycles. The summed E-state index contributed by atoms with van der Waals surface area (Å²) in [5.41, 5.74) is 7.15. The van der Waals surface area contributed by atoms with E-state index in [1.807, 2.05) is 6.08 Å². The van der Waals surface area contributed by atoms with E-state index in [1.165, 1.54) is 22.3 Å². The first-order valence-electron chi connectivity index (χ1n) is 10.8. The van der Waals surface area contributed by atoms with E-state index >= 15 is 0 Å². The van der Waals surface area contributed by atoms with Crippen LogP contribution in [0.5, 0.6) is 0 Å². The van der Waals surface area contributed by atoms with Crippen molar-refractivity contribution in [1.82, 2.24) is 0 Å². The first kappa shape index (κ1) is 21.2. The second-order valence-corrected chi connectivity index (χ2v) is 9.94. The summed E-state index contributed by atoms with van der Waals surface area (Å²) in [5.74, 6) is -0.857. The van der Waals surface area contributed by atoms with Crippen LogP contribution in [0.3, 0.4) is 0 Å². The van der Waals surface area contributed by atoms with Crippen LogP contribution in [0.1, 0.15) is 56.4 Å². The van der Waals surface area contributed by atoms with Crippen molar-refractivity contribution in [2.75, 3.05) is 4.90 Å². The van der Waals surface area contributed by atoms with Gasteiger partial charge in [0.25, 0.3) is 0 Å². The zero-order valence-corrected chi connectivity index (χ0v) is 19.1. The highest BCUT2D eigenvalue weighted by Gasteiger charge is 2.46. The maximum Gasteiger partial charge on any atom is 0.331 e. The highest BCUT2D eigenvalue weighted by atomic mass is 16.4. The molecule has 0 amide bonds. The quantitative estimate of drug-likeness (QED) is 0.644. The monoisotopic (exact) mass is 413 g/mol. The maximum atomic E-state index is 11.6. The summed E-state index contributed by atoms with van der Waals surface area (Å²) in [5, 5.41) is 9.53. The normalized spacial score (nSPS) is 23.0. The van der Waals surface area contributed by atoms with Crippen molar-refractivity contribution in [3.63, 3.8) is 0 Å². The largest absolute Gasteiger partial charge is 0.478 e. The molecule has 1 heterocycles. The van der Waals surface area contributed by atoms with Gasteiger partial charge in [0.2, 0.25) is 0 Å². The minimum Gasteiger partial charge on any atom is -0.478 e. The lowest BCUT2D eigenvalue weighted by Gasteiger charge is -2.35. The summed E-state index contributed by atoms with van der Waals surface area (Å²) in [4.78, 5) is 13.9. The fourth-order valence-corrected chi connectivity index (χ4v) is 4.81. The molecule has 1 aliphatic heterocycles. The molecule has 0 aromatic heterocycles. The number of rotatable bonds is 3. The van der Waals surface area contributed by atoms with Gasteiger partial charge in [-0.05, 0) is 47.6 Å². The van der Waals surface area contributed by atoms with Crippen molar-refractivity contribution in [2.45, 2.75) is 57.9 Å². The number of carboxylic acids is 1. The lowest BCUT2D eigenvalue weighted by atomic mass is 9.74. The molecule has 160 valence electrons. The molecule has 0 bridgehead atoms. The summed E-state index contributed by atoms with van der Waals surface area (Å²) in [7, 11) is 0. The molecule has 2 aromatic rings. The summed E-state index contributed by atoms with van der Waals surface area (Å²) in [6.07, 6.45) is 6.09. The Morgan fingerprint density at radius 3 is 2.45 bits per heavy atom. The van der Waals surface area contributed by atoms with Crippen LogP contribution in [-0.4, -0.2) is 17.1 Å². The average Bonchev–Trinajstić information content (AvgIpc) is 2.95. The van der Waals surface area contributed by atoms with Crippen LogP contribution >= 0.6 is 0 Å². The molecule has 0 saturated heterocycles. The molecular formula is C28H31NO2. The van der Waals surface area contributed by atoms with Crippen LogP contribution in [0.25, 0.3) is 0 Å². The Hall–Kier alpha value is -3.07. The van der Waals surface area contributed by atoms with Crippen molar-refractivity contribution in [2.24, 2.45) is 0 Å². The third-order valence-corrected chi connectivity index (χ3v) is 6.81. The molecule has 3 nitrogen and oxygen atoms in total. The minimum atomic E-state index is -0.857. The number of hydrogen-bond acceptors (Lipinski definition) is 2. The Labute approximate surface area is 185 Å².